The number of hydrogen-bond donors (Lipinski definition) is 1. The van der Waals surface area contributed by atoms with Crippen molar-refractivity contribution in [2.75, 3.05) is 7.11 Å². The third-order valence-electron chi connectivity index (χ3n) is 4.48. The lowest BCUT2D eigenvalue weighted by atomic mass is 9.81. The van der Waals surface area contributed by atoms with Crippen molar-refractivity contribution < 1.29 is 4.74 Å². The molecule has 0 amide bonds. The van der Waals surface area contributed by atoms with Gasteiger partial charge in [0.05, 0.1) is 7.11 Å². The standard InChI is InChI=1S/C19H23NO/c1-14-10-11-19(18-9-4-3-8-17(14)18)20-13-15-6-5-7-16(12-15)21-2/h3-9,12,14,19-20H,10-11,13H2,1-2H3. The maximum atomic E-state index is 5.29. The van der Waals surface area contributed by atoms with Gasteiger partial charge in [-0.05, 0) is 47.6 Å². The average Bonchev–Trinajstić information content (AvgIpc) is 2.55. The molecule has 0 spiro atoms. The van der Waals surface area contributed by atoms with Crippen molar-refractivity contribution in [1.29, 1.82) is 0 Å². The molecule has 2 aromatic rings. The molecule has 110 valence electrons. The fourth-order valence-electron chi connectivity index (χ4n) is 3.24. The highest BCUT2D eigenvalue weighted by molar-refractivity contribution is 5.35. The van der Waals surface area contributed by atoms with Gasteiger partial charge in [-0.2, -0.15) is 0 Å². The SMILES string of the molecule is COc1cccc(CNC2CCC(C)c3ccccc32)c1. The van der Waals surface area contributed by atoms with E-state index in [9.17, 15) is 0 Å². The molecule has 2 unspecified atom stereocenters. The largest absolute Gasteiger partial charge is 0.497 e. The Morgan fingerprint density at radius 2 is 1.86 bits per heavy atom. The Labute approximate surface area is 127 Å². The van der Waals surface area contributed by atoms with E-state index in [2.05, 4.69) is 48.6 Å². The normalized spacial score (nSPS) is 20.9. The number of benzene rings is 2. The highest BCUT2D eigenvalue weighted by Crippen LogP contribution is 2.37. The minimum absolute atomic E-state index is 0.462. The molecule has 1 aliphatic carbocycles. The van der Waals surface area contributed by atoms with Gasteiger partial charge in [0.2, 0.25) is 0 Å². The molecule has 2 atom stereocenters. The summed E-state index contributed by atoms with van der Waals surface area (Å²) in [6.07, 6.45) is 2.47. The van der Waals surface area contributed by atoms with Gasteiger partial charge in [-0.1, -0.05) is 43.3 Å². The van der Waals surface area contributed by atoms with E-state index in [4.69, 9.17) is 4.74 Å². The van der Waals surface area contributed by atoms with Crippen LogP contribution >= 0.6 is 0 Å². The summed E-state index contributed by atoms with van der Waals surface area (Å²) in [5.74, 6) is 1.60. The van der Waals surface area contributed by atoms with Crippen molar-refractivity contribution in [2.45, 2.75) is 38.3 Å². The van der Waals surface area contributed by atoms with Crippen molar-refractivity contribution in [3.63, 3.8) is 0 Å². The summed E-state index contributed by atoms with van der Waals surface area (Å²) in [6.45, 7) is 3.21. The first-order valence-electron chi connectivity index (χ1n) is 7.73. The summed E-state index contributed by atoms with van der Waals surface area (Å²) in [4.78, 5) is 0. The fraction of sp³-hybridized carbons (Fsp3) is 0.368. The molecule has 3 rings (SSSR count). The quantitative estimate of drug-likeness (QED) is 0.895. The van der Waals surface area contributed by atoms with Crippen LogP contribution in [-0.4, -0.2) is 7.11 Å². The molecule has 0 saturated heterocycles. The van der Waals surface area contributed by atoms with Crippen LogP contribution in [0.1, 0.15) is 48.4 Å². The van der Waals surface area contributed by atoms with Gasteiger partial charge in [-0.3, -0.25) is 0 Å². The Morgan fingerprint density at radius 3 is 2.67 bits per heavy atom. The van der Waals surface area contributed by atoms with E-state index in [1.807, 2.05) is 12.1 Å². The van der Waals surface area contributed by atoms with Crippen LogP contribution in [0.25, 0.3) is 0 Å². The second-order valence-corrected chi connectivity index (χ2v) is 5.89. The first-order chi connectivity index (χ1) is 10.3. The molecule has 0 saturated carbocycles. The minimum atomic E-state index is 0.462. The molecule has 2 heteroatoms. The number of ether oxygens (including phenoxy) is 1. The highest BCUT2D eigenvalue weighted by Gasteiger charge is 2.23. The number of methoxy groups -OCH3 is 1. The summed E-state index contributed by atoms with van der Waals surface area (Å²) < 4.78 is 5.29. The van der Waals surface area contributed by atoms with Crippen LogP contribution in [0.5, 0.6) is 5.75 Å². The first-order valence-corrected chi connectivity index (χ1v) is 7.73. The molecule has 2 aromatic carbocycles. The molecular weight excluding hydrogens is 258 g/mol. The highest BCUT2D eigenvalue weighted by atomic mass is 16.5. The smallest absolute Gasteiger partial charge is 0.119 e. The lowest BCUT2D eigenvalue weighted by Gasteiger charge is -2.30. The van der Waals surface area contributed by atoms with Gasteiger partial charge < -0.3 is 10.1 Å². The van der Waals surface area contributed by atoms with Crippen molar-refractivity contribution in [1.82, 2.24) is 5.32 Å². The van der Waals surface area contributed by atoms with Crippen LogP contribution in [0.4, 0.5) is 0 Å². The summed E-state index contributed by atoms with van der Waals surface area (Å²) in [7, 11) is 1.71. The molecular formula is C19H23NO. The van der Waals surface area contributed by atoms with Gasteiger partial charge in [0.25, 0.3) is 0 Å². The van der Waals surface area contributed by atoms with Crippen LogP contribution in [0.2, 0.25) is 0 Å². The minimum Gasteiger partial charge on any atom is -0.497 e. The van der Waals surface area contributed by atoms with Crippen molar-refractivity contribution in [2.24, 2.45) is 0 Å². The number of rotatable bonds is 4. The summed E-state index contributed by atoms with van der Waals surface area (Å²) >= 11 is 0. The Morgan fingerprint density at radius 1 is 1.05 bits per heavy atom. The Hall–Kier alpha value is -1.80. The zero-order valence-corrected chi connectivity index (χ0v) is 12.8. The van der Waals surface area contributed by atoms with Crippen LogP contribution in [0.15, 0.2) is 48.5 Å². The lowest BCUT2D eigenvalue weighted by molar-refractivity contribution is 0.412. The topological polar surface area (TPSA) is 21.3 Å². The van der Waals surface area contributed by atoms with Crippen molar-refractivity contribution in [3.05, 3.63) is 65.2 Å². The van der Waals surface area contributed by atoms with E-state index < -0.39 is 0 Å². The van der Waals surface area contributed by atoms with Gasteiger partial charge in [0.15, 0.2) is 0 Å². The maximum absolute atomic E-state index is 5.29. The van der Waals surface area contributed by atoms with Crippen molar-refractivity contribution in [3.8, 4) is 5.75 Å². The molecule has 0 fully saturated rings. The molecule has 1 aliphatic rings. The predicted molar refractivity (Wildman–Crippen MR) is 86.7 cm³/mol. The van der Waals surface area contributed by atoms with Crippen LogP contribution in [0, 0.1) is 0 Å². The van der Waals surface area contributed by atoms with Crippen LogP contribution in [-0.2, 0) is 6.54 Å². The molecule has 0 aliphatic heterocycles. The van der Waals surface area contributed by atoms with Gasteiger partial charge >= 0.3 is 0 Å². The second kappa shape index (κ2) is 6.31. The molecule has 2 nitrogen and oxygen atoms in total. The Bertz CT molecular complexity index is 608. The summed E-state index contributed by atoms with van der Waals surface area (Å²) in [5.41, 5.74) is 4.25. The fourth-order valence-corrected chi connectivity index (χ4v) is 3.24. The number of fused-ring (bicyclic) bond motifs is 1. The maximum Gasteiger partial charge on any atom is 0.119 e. The monoisotopic (exact) mass is 281 g/mol. The first kappa shape index (κ1) is 14.2. The van der Waals surface area contributed by atoms with Gasteiger partial charge in [-0.25, -0.2) is 0 Å². The van der Waals surface area contributed by atoms with E-state index in [0.717, 1.165) is 12.3 Å². The second-order valence-electron chi connectivity index (χ2n) is 5.89. The Kier molecular flexibility index (Phi) is 4.26. The predicted octanol–water partition coefficient (Wildman–Crippen LogP) is 4.42. The van der Waals surface area contributed by atoms with Gasteiger partial charge in [0, 0.05) is 12.6 Å². The summed E-state index contributed by atoms with van der Waals surface area (Å²) in [6, 6.07) is 17.6. The van der Waals surface area contributed by atoms with Crippen LogP contribution in [0.3, 0.4) is 0 Å². The van der Waals surface area contributed by atoms with Crippen molar-refractivity contribution >= 4 is 0 Å². The van der Waals surface area contributed by atoms with E-state index in [1.165, 1.54) is 29.5 Å². The van der Waals surface area contributed by atoms with E-state index in [1.54, 1.807) is 7.11 Å². The molecule has 0 aromatic heterocycles. The number of nitrogens with one attached hydrogen (secondary N) is 1. The van der Waals surface area contributed by atoms with E-state index in [0.29, 0.717) is 12.0 Å². The number of hydrogen-bond acceptors (Lipinski definition) is 2. The van der Waals surface area contributed by atoms with Gasteiger partial charge in [-0.15, -0.1) is 0 Å². The lowest BCUT2D eigenvalue weighted by Crippen LogP contribution is -2.25. The molecule has 0 bridgehead atoms. The van der Waals surface area contributed by atoms with E-state index >= 15 is 0 Å². The summed E-state index contributed by atoms with van der Waals surface area (Å²) in [5, 5.41) is 3.71. The molecule has 0 radical (unpaired) electrons. The molecule has 1 N–H and O–H groups in total. The average molecular weight is 281 g/mol. The third kappa shape index (κ3) is 3.11. The van der Waals surface area contributed by atoms with Crippen LogP contribution < -0.4 is 10.1 Å². The Balaban J connectivity index is 1.72. The zero-order chi connectivity index (χ0) is 14.7. The third-order valence-corrected chi connectivity index (χ3v) is 4.48. The zero-order valence-electron chi connectivity index (χ0n) is 12.8. The van der Waals surface area contributed by atoms with E-state index in [-0.39, 0.29) is 0 Å². The van der Waals surface area contributed by atoms with Gasteiger partial charge in [0.1, 0.15) is 5.75 Å². The molecule has 0 heterocycles. The molecule has 21 heavy (non-hydrogen) atoms.